The fraction of sp³-hybridized carbons (Fsp3) is 0.875. The van der Waals surface area contributed by atoms with Gasteiger partial charge in [0.15, 0.2) is 0 Å². The van der Waals surface area contributed by atoms with Crippen LogP contribution < -0.4 is 11.2 Å². The Labute approximate surface area is 73.9 Å². The third kappa shape index (κ3) is 9.14. The summed E-state index contributed by atoms with van der Waals surface area (Å²) in [6.07, 6.45) is 0.849. The second-order valence-corrected chi connectivity index (χ2v) is 3.34. The predicted molar refractivity (Wildman–Crippen MR) is 51.3 cm³/mol. The highest BCUT2D eigenvalue weighted by Crippen LogP contribution is 2.01. The van der Waals surface area contributed by atoms with Crippen LogP contribution in [0.2, 0.25) is 0 Å². The van der Waals surface area contributed by atoms with Gasteiger partial charge in [0.1, 0.15) is 6.01 Å². The minimum Gasteiger partial charge on any atom is -0.325 e. The van der Waals surface area contributed by atoms with Crippen molar-refractivity contribution in [2.45, 2.75) is 32.7 Å². The largest absolute Gasteiger partial charge is 0.325 e. The van der Waals surface area contributed by atoms with Crippen molar-refractivity contribution in [3.05, 3.63) is 0 Å². The van der Waals surface area contributed by atoms with Gasteiger partial charge in [-0.25, -0.2) is 4.99 Å². The lowest BCUT2D eigenvalue weighted by molar-refractivity contribution is 0.485. The van der Waals surface area contributed by atoms with Gasteiger partial charge >= 0.3 is 0 Å². The zero-order chi connectivity index (χ0) is 9.45. The van der Waals surface area contributed by atoms with E-state index < -0.39 is 0 Å². The lowest BCUT2D eigenvalue weighted by atomic mass is 10.0. The fourth-order valence-electron chi connectivity index (χ4n) is 0.544. The van der Waals surface area contributed by atoms with Crippen LogP contribution >= 0.6 is 0 Å². The smallest absolute Gasteiger partial charge is 0.114 e. The standard InChI is InChI=1S/C8H18N4/c1-4-11-12-7-10-6-5-8(2,3)9/h11H,4-6,9H2,1-3H3. The Morgan fingerprint density at radius 3 is 2.67 bits per heavy atom. The van der Waals surface area contributed by atoms with Gasteiger partial charge in [0, 0.05) is 12.1 Å². The zero-order valence-electron chi connectivity index (χ0n) is 8.09. The minimum absolute atomic E-state index is 0.149. The van der Waals surface area contributed by atoms with Crippen molar-refractivity contribution < 1.29 is 0 Å². The van der Waals surface area contributed by atoms with Crippen molar-refractivity contribution in [1.82, 2.24) is 5.43 Å². The molecule has 4 heteroatoms. The minimum atomic E-state index is -0.149. The normalized spacial score (nSPS) is 10.3. The van der Waals surface area contributed by atoms with E-state index in [1.54, 1.807) is 0 Å². The van der Waals surface area contributed by atoms with Crippen LogP contribution in [0.15, 0.2) is 10.1 Å². The van der Waals surface area contributed by atoms with Gasteiger partial charge in [-0.05, 0) is 27.2 Å². The Kier molecular flexibility index (Phi) is 5.34. The Hall–Kier alpha value is -0.860. The van der Waals surface area contributed by atoms with E-state index in [9.17, 15) is 0 Å². The van der Waals surface area contributed by atoms with Gasteiger partial charge in [-0.3, -0.25) is 0 Å². The molecule has 0 amide bonds. The van der Waals surface area contributed by atoms with Crippen molar-refractivity contribution in [3.63, 3.8) is 0 Å². The SMILES string of the molecule is CCNN=C=NCCC(C)(C)N. The summed E-state index contributed by atoms with van der Waals surface area (Å²) < 4.78 is 0. The second-order valence-electron chi connectivity index (χ2n) is 3.34. The molecule has 0 spiro atoms. The van der Waals surface area contributed by atoms with Gasteiger partial charge in [0.05, 0.1) is 6.54 Å². The summed E-state index contributed by atoms with van der Waals surface area (Å²) >= 11 is 0. The van der Waals surface area contributed by atoms with E-state index in [-0.39, 0.29) is 5.54 Å². The van der Waals surface area contributed by atoms with Gasteiger partial charge in [0.2, 0.25) is 0 Å². The van der Waals surface area contributed by atoms with Gasteiger partial charge in [-0.2, -0.15) is 0 Å². The molecule has 0 bridgehead atoms. The number of hydrazone groups is 1. The van der Waals surface area contributed by atoms with Crippen molar-refractivity contribution >= 4 is 6.01 Å². The van der Waals surface area contributed by atoms with E-state index in [1.165, 1.54) is 0 Å². The maximum Gasteiger partial charge on any atom is 0.114 e. The van der Waals surface area contributed by atoms with E-state index in [0.29, 0.717) is 6.54 Å². The first-order valence-corrected chi connectivity index (χ1v) is 4.19. The zero-order valence-corrected chi connectivity index (χ0v) is 8.09. The quantitative estimate of drug-likeness (QED) is 0.474. The van der Waals surface area contributed by atoms with Crippen LogP contribution in [0.1, 0.15) is 27.2 Å². The predicted octanol–water partition coefficient (Wildman–Crippen LogP) is 0.812. The molecule has 3 N–H and O–H groups in total. The third-order valence-electron chi connectivity index (χ3n) is 1.23. The van der Waals surface area contributed by atoms with Crippen LogP contribution in [-0.4, -0.2) is 24.6 Å². The molecule has 70 valence electrons. The van der Waals surface area contributed by atoms with Crippen LogP contribution in [0, 0.1) is 0 Å². The van der Waals surface area contributed by atoms with Crippen LogP contribution in [0.25, 0.3) is 0 Å². The van der Waals surface area contributed by atoms with Crippen molar-refractivity contribution in [3.8, 4) is 0 Å². The van der Waals surface area contributed by atoms with Crippen molar-refractivity contribution in [2.75, 3.05) is 13.1 Å². The molecule has 0 aromatic heterocycles. The number of nitrogens with two attached hydrogens (primary N) is 1. The van der Waals surface area contributed by atoms with Crippen LogP contribution in [0.3, 0.4) is 0 Å². The molecule has 0 aliphatic rings. The molecule has 0 rings (SSSR count). The summed E-state index contributed by atoms with van der Waals surface area (Å²) in [5.41, 5.74) is 8.33. The fourth-order valence-corrected chi connectivity index (χ4v) is 0.544. The first kappa shape index (κ1) is 11.1. The summed E-state index contributed by atoms with van der Waals surface area (Å²) in [5.74, 6) is 0. The van der Waals surface area contributed by atoms with Crippen molar-refractivity contribution in [2.24, 2.45) is 15.8 Å². The van der Waals surface area contributed by atoms with Gasteiger partial charge in [-0.15, -0.1) is 5.10 Å². The molecule has 0 aromatic carbocycles. The van der Waals surface area contributed by atoms with Gasteiger partial charge in [0.25, 0.3) is 0 Å². The van der Waals surface area contributed by atoms with Crippen molar-refractivity contribution in [1.29, 1.82) is 0 Å². The number of aliphatic imine (C=N–C) groups is 1. The lowest BCUT2D eigenvalue weighted by Gasteiger charge is -2.15. The monoisotopic (exact) mass is 170 g/mol. The number of rotatable bonds is 5. The van der Waals surface area contributed by atoms with E-state index >= 15 is 0 Å². The molecule has 0 aliphatic carbocycles. The third-order valence-corrected chi connectivity index (χ3v) is 1.23. The Balaban J connectivity index is 3.49. The molecule has 0 aliphatic heterocycles. The summed E-state index contributed by atoms with van der Waals surface area (Å²) in [6, 6.07) is 2.54. The number of hydrogen-bond acceptors (Lipinski definition) is 4. The average molecular weight is 170 g/mol. The molecule has 12 heavy (non-hydrogen) atoms. The molecule has 0 heterocycles. The summed E-state index contributed by atoms with van der Waals surface area (Å²) in [5, 5.41) is 3.70. The molecule has 4 nitrogen and oxygen atoms in total. The second kappa shape index (κ2) is 5.75. The van der Waals surface area contributed by atoms with Gasteiger partial charge < -0.3 is 11.2 Å². The van der Waals surface area contributed by atoms with Gasteiger partial charge in [-0.1, -0.05) is 0 Å². The maximum absolute atomic E-state index is 5.74. The van der Waals surface area contributed by atoms with E-state index in [2.05, 4.69) is 21.5 Å². The van der Waals surface area contributed by atoms with E-state index in [0.717, 1.165) is 13.0 Å². The first-order valence-electron chi connectivity index (χ1n) is 4.19. The molecular formula is C8H18N4. The molecule has 0 saturated carbocycles. The highest BCUT2D eigenvalue weighted by atomic mass is 15.3. The summed E-state index contributed by atoms with van der Waals surface area (Å²) in [7, 11) is 0. The highest BCUT2D eigenvalue weighted by molar-refractivity contribution is 5.40. The maximum atomic E-state index is 5.74. The number of hydrogen-bond donors (Lipinski definition) is 2. The first-order chi connectivity index (χ1) is 5.56. The van der Waals surface area contributed by atoms with Crippen LogP contribution in [0.4, 0.5) is 0 Å². The molecule has 0 aromatic rings. The molecule has 0 unspecified atom stereocenters. The molecule has 0 saturated heterocycles. The summed E-state index contributed by atoms with van der Waals surface area (Å²) in [6.45, 7) is 7.39. The highest BCUT2D eigenvalue weighted by Gasteiger charge is 2.08. The molecular weight excluding hydrogens is 152 g/mol. The molecule has 0 atom stereocenters. The topological polar surface area (TPSA) is 62.8 Å². The average Bonchev–Trinajstić information content (AvgIpc) is 1.94. The van der Waals surface area contributed by atoms with Crippen LogP contribution in [0.5, 0.6) is 0 Å². The molecule has 0 radical (unpaired) electrons. The Morgan fingerprint density at radius 1 is 1.50 bits per heavy atom. The van der Waals surface area contributed by atoms with E-state index in [4.69, 9.17) is 5.73 Å². The number of nitrogens with one attached hydrogen (secondary N) is 1. The Bertz CT molecular complexity index is 162. The summed E-state index contributed by atoms with van der Waals surface area (Å²) in [4.78, 5) is 3.94. The Morgan fingerprint density at radius 2 is 2.17 bits per heavy atom. The van der Waals surface area contributed by atoms with Crippen LogP contribution in [-0.2, 0) is 0 Å². The molecule has 0 fully saturated rings. The number of nitrogens with zero attached hydrogens (tertiary/aromatic N) is 2. The van der Waals surface area contributed by atoms with E-state index in [1.807, 2.05) is 20.8 Å². The lowest BCUT2D eigenvalue weighted by Crippen LogP contribution is -2.32.